The van der Waals surface area contributed by atoms with Crippen molar-refractivity contribution in [2.24, 2.45) is 11.8 Å². The van der Waals surface area contributed by atoms with Crippen molar-refractivity contribution in [3.63, 3.8) is 0 Å². The molecule has 3 unspecified atom stereocenters. The van der Waals surface area contributed by atoms with Crippen LogP contribution in [0.4, 0.5) is 0 Å². The highest BCUT2D eigenvalue weighted by Gasteiger charge is 2.32. The lowest BCUT2D eigenvalue weighted by molar-refractivity contribution is 0.0470. The average molecular weight is 268 g/mol. The molecule has 3 atom stereocenters. The third-order valence-corrected chi connectivity index (χ3v) is 5.08. The molecule has 3 nitrogen and oxygen atoms in total. The fourth-order valence-electron chi connectivity index (χ4n) is 3.20. The minimum absolute atomic E-state index is 0.336. The standard InChI is InChI=1S/C14H24N2OS/c1-3-7-12-14(18-16-15-12)13(17)11-9-6-5-8-10(11)4-2/h10-11,13,17H,3-9H2,1-2H3. The molecule has 18 heavy (non-hydrogen) atoms. The molecule has 1 aromatic heterocycles. The van der Waals surface area contributed by atoms with E-state index in [9.17, 15) is 5.11 Å². The fraction of sp³-hybridized carbons (Fsp3) is 0.857. The van der Waals surface area contributed by atoms with Gasteiger partial charge in [0.15, 0.2) is 0 Å². The number of aromatic nitrogens is 2. The van der Waals surface area contributed by atoms with Crippen LogP contribution in [0.15, 0.2) is 0 Å². The van der Waals surface area contributed by atoms with Gasteiger partial charge in [0, 0.05) is 0 Å². The van der Waals surface area contributed by atoms with E-state index in [0.29, 0.717) is 11.8 Å². The predicted molar refractivity (Wildman–Crippen MR) is 74.6 cm³/mol. The number of hydrogen-bond donors (Lipinski definition) is 1. The lowest BCUT2D eigenvalue weighted by atomic mass is 9.74. The summed E-state index contributed by atoms with van der Waals surface area (Å²) in [5.41, 5.74) is 1.02. The van der Waals surface area contributed by atoms with E-state index < -0.39 is 0 Å². The van der Waals surface area contributed by atoms with Crippen LogP contribution in [-0.4, -0.2) is 14.7 Å². The minimum Gasteiger partial charge on any atom is -0.387 e. The smallest absolute Gasteiger partial charge is 0.0947 e. The Balaban J connectivity index is 2.13. The Morgan fingerprint density at radius 3 is 2.83 bits per heavy atom. The van der Waals surface area contributed by atoms with Crippen LogP contribution in [0, 0.1) is 11.8 Å². The number of aryl methyl sites for hydroxylation is 1. The SMILES string of the molecule is CCCc1nnsc1C(O)C1CCCCC1CC. The van der Waals surface area contributed by atoms with E-state index in [-0.39, 0.29) is 6.10 Å². The van der Waals surface area contributed by atoms with Crippen LogP contribution in [0.3, 0.4) is 0 Å². The Labute approximate surface area is 114 Å². The fourth-order valence-corrected chi connectivity index (χ4v) is 3.96. The highest BCUT2D eigenvalue weighted by atomic mass is 32.1. The number of rotatable bonds is 5. The van der Waals surface area contributed by atoms with Gasteiger partial charge in [-0.05, 0) is 36.2 Å². The van der Waals surface area contributed by atoms with E-state index >= 15 is 0 Å². The van der Waals surface area contributed by atoms with E-state index in [0.717, 1.165) is 29.8 Å². The second-order valence-electron chi connectivity index (χ2n) is 5.40. The molecule has 0 spiro atoms. The lowest BCUT2D eigenvalue weighted by Gasteiger charge is -2.34. The first-order valence-corrected chi connectivity index (χ1v) is 8.04. The molecule has 1 aliphatic rings. The maximum Gasteiger partial charge on any atom is 0.0947 e. The van der Waals surface area contributed by atoms with Crippen molar-refractivity contribution in [1.82, 2.24) is 9.59 Å². The molecule has 0 bridgehead atoms. The summed E-state index contributed by atoms with van der Waals surface area (Å²) in [6.45, 7) is 4.39. The summed E-state index contributed by atoms with van der Waals surface area (Å²) in [6, 6.07) is 0. The van der Waals surface area contributed by atoms with E-state index in [1.165, 1.54) is 37.2 Å². The van der Waals surface area contributed by atoms with Crippen molar-refractivity contribution < 1.29 is 5.11 Å². The van der Waals surface area contributed by atoms with Crippen LogP contribution >= 0.6 is 11.5 Å². The molecule has 0 radical (unpaired) electrons. The van der Waals surface area contributed by atoms with Crippen molar-refractivity contribution in [1.29, 1.82) is 0 Å². The number of aliphatic hydroxyl groups excluding tert-OH is 1. The van der Waals surface area contributed by atoms with Crippen LogP contribution in [0.25, 0.3) is 0 Å². The molecule has 1 fully saturated rings. The molecule has 1 aromatic rings. The third-order valence-electron chi connectivity index (χ3n) is 4.24. The second-order valence-corrected chi connectivity index (χ2v) is 6.18. The van der Waals surface area contributed by atoms with Crippen molar-refractivity contribution in [2.75, 3.05) is 0 Å². The van der Waals surface area contributed by atoms with Gasteiger partial charge >= 0.3 is 0 Å². The van der Waals surface area contributed by atoms with Gasteiger partial charge in [-0.1, -0.05) is 50.4 Å². The average Bonchev–Trinajstić information content (AvgIpc) is 2.86. The number of nitrogens with zero attached hydrogens (tertiary/aromatic N) is 2. The Hall–Kier alpha value is -0.480. The number of hydrogen-bond acceptors (Lipinski definition) is 4. The van der Waals surface area contributed by atoms with Crippen LogP contribution < -0.4 is 0 Å². The molecule has 0 aromatic carbocycles. The van der Waals surface area contributed by atoms with Gasteiger partial charge in [0.2, 0.25) is 0 Å². The van der Waals surface area contributed by atoms with E-state index in [4.69, 9.17) is 0 Å². The summed E-state index contributed by atoms with van der Waals surface area (Å²) in [4.78, 5) is 1.03. The van der Waals surface area contributed by atoms with Gasteiger partial charge in [-0.15, -0.1) is 5.10 Å². The lowest BCUT2D eigenvalue weighted by Crippen LogP contribution is -2.25. The van der Waals surface area contributed by atoms with Gasteiger partial charge < -0.3 is 5.11 Å². The monoisotopic (exact) mass is 268 g/mol. The van der Waals surface area contributed by atoms with Gasteiger partial charge in [0.05, 0.1) is 16.7 Å². The molecule has 2 rings (SSSR count). The normalized spacial score (nSPS) is 26.2. The van der Waals surface area contributed by atoms with E-state index in [1.807, 2.05) is 0 Å². The van der Waals surface area contributed by atoms with Gasteiger partial charge in [0.25, 0.3) is 0 Å². The third kappa shape index (κ3) is 2.91. The van der Waals surface area contributed by atoms with Crippen LogP contribution in [0.5, 0.6) is 0 Å². The van der Waals surface area contributed by atoms with Crippen molar-refractivity contribution in [2.45, 2.75) is 64.9 Å². The molecular formula is C14H24N2OS. The van der Waals surface area contributed by atoms with Crippen LogP contribution in [-0.2, 0) is 6.42 Å². The van der Waals surface area contributed by atoms with Crippen LogP contribution in [0.2, 0.25) is 0 Å². The number of aliphatic hydroxyl groups is 1. The summed E-state index contributed by atoms with van der Waals surface area (Å²) in [6.07, 6.45) is 7.85. The second kappa shape index (κ2) is 6.62. The first-order valence-electron chi connectivity index (χ1n) is 7.27. The zero-order valence-corrected chi connectivity index (χ0v) is 12.2. The van der Waals surface area contributed by atoms with E-state index in [1.54, 1.807) is 0 Å². The maximum atomic E-state index is 10.7. The molecule has 1 saturated carbocycles. The van der Waals surface area contributed by atoms with Crippen molar-refractivity contribution in [3.05, 3.63) is 10.6 Å². The van der Waals surface area contributed by atoms with Gasteiger partial charge in [-0.25, -0.2) is 0 Å². The Morgan fingerprint density at radius 2 is 2.11 bits per heavy atom. The predicted octanol–water partition coefficient (Wildman–Crippen LogP) is 3.74. The summed E-state index contributed by atoms with van der Waals surface area (Å²) in [5, 5.41) is 14.9. The van der Waals surface area contributed by atoms with Gasteiger partial charge in [0.1, 0.15) is 0 Å². The summed E-state index contributed by atoms with van der Waals surface area (Å²) in [5.74, 6) is 1.09. The Morgan fingerprint density at radius 1 is 1.33 bits per heavy atom. The summed E-state index contributed by atoms with van der Waals surface area (Å²) in [7, 11) is 0. The quantitative estimate of drug-likeness (QED) is 0.885. The largest absolute Gasteiger partial charge is 0.387 e. The topological polar surface area (TPSA) is 46.0 Å². The summed E-state index contributed by atoms with van der Waals surface area (Å²) < 4.78 is 4.04. The highest BCUT2D eigenvalue weighted by Crippen LogP contribution is 2.41. The highest BCUT2D eigenvalue weighted by molar-refractivity contribution is 7.05. The van der Waals surface area contributed by atoms with E-state index in [2.05, 4.69) is 23.4 Å². The Kier molecular flexibility index (Phi) is 5.13. The minimum atomic E-state index is -0.336. The Bertz CT molecular complexity index is 366. The zero-order valence-electron chi connectivity index (χ0n) is 11.4. The summed E-state index contributed by atoms with van der Waals surface area (Å²) >= 11 is 1.39. The molecule has 1 N–H and O–H groups in total. The molecule has 1 aliphatic carbocycles. The molecular weight excluding hydrogens is 244 g/mol. The molecule has 0 saturated heterocycles. The molecule has 4 heteroatoms. The van der Waals surface area contributed by atoms with Crippen LogP contribution in [0.1, 0.15) is 69.0 Å². The first-order chi connectivity index (χ1) is 8.77. The molecule has 0 aliphatic heterocycles. The molecule has 102 valence electrons. The molecule has 0 amide bonds. The van der Waals surface area contributed by atoms with Crippen molar-refractivity contribution >= 4 is 11.5 Å². The van der Waals surface area contributed by atoms with Gasteiger partial charge in [-0.2, -0.15) is 0 Å². The zero-order chi connectivity index (χ0) is 13.0. The first kappa shape index (κ1) is 13.9. The maximum absolute atomic E-state index is 10.7. The van der Waals surface area contributed by atoms with Gasteiger partial charge in [-0.3, -0.25) is 0 Å². The van der Waals surface area contributed by atoms with Crippen molar-refractivity contribution in [3.8, 4) is 0 Å². The molecule has 1 heterocycles.